The number of nitrogens with two attached hydrogens (primary N) is 1. The number of rotatable bonds is 3. The zero-order chi connectivity index (χ0) is 13.0. The topological polar surface area (TPSA) is 35.2 Å². The van der Waals surface area contributed by atoms with Gasteiger partial charge in [0.1, 0.15) is 5.75 Å². The molecular weight excluding hydrogens is 222 g/mol. The lowest BCUT2D eigenvalue weighted by Gasteiger charge is -2.24. The van der Waals surface area contributed by atoms with Crippen LogP contribution in [0.4, 0.5) is 0 Å². The SMILES string of the molecule is COc1ccc(C)cc1C(N)C1CCCCCC1. The molecule has 18 heavy (non-hydrogen) atoms. The highest BCUT2D eigenvalue weighted by Gasteiger charge is 2.23. The second kappa shape index (κ2) is 6.24. The fourth-order valence-electron chi connectivity index (χ4n) is 3.04. The Bertz CT molecular complexity index is 381. The van der Waals surface area contributed by atoms with Crippen LogP contribution in [0.1, 0.15) is 55.7 Å². The average molecular weight is 247 g/mol. The number of aryl methyl sites for hydroxylation is 1. The van der Waals surface area contributed by atoms with Crippen LogP contribution in [0.5, 0.6) is 5.75 Å². The Hall–Kier alpha value is -1.02. The molecule has 2 N–H and O–H groups in total. The minimum Gasteiger partial charge on any atom is -0.496 e. The molecule has 0 bridgehead atoms. The van der Waals surface area contributed by atoms with E-state index in [4.69, 9.17) is 10.5 Å². The Morgan fingerprint density at radius 2 is 1.83 bits per heavy atom. The van der Waals surface area contributed by atoms with Gasteiger partial charge in [-0.1, -0.05) is 43.4 Å². The predicted molar refractivity (Wildman–Crippen MR) is 75.9 cm³/mol. The van der Waals surface area contributed by atoms with Crippen LogP contribution in [-0.4, -0.2) is 7.11 Å². The van der Waals surface area contributed by atoms with Crippen LogP contribution in [0.2, 0.25) is 0 Å². The van der Waals surface area contributed by atoms with Gasteiger partial charge in [0, 0.05) is 11.6 Å². The number of benzene rings is 1. The molecule has 1 aromatic rings. The number of methoxy groups -OCH3 is 1. The summed E-state index contributed by atoms with van der Waals surface area (Å²) in [4.78, 5) is 0. The van der Waals surface area contributed by atoms with E-state index in [1.54, 1.807) is 7.11 Å². The molecule has 1 unspecified atom stereocenters. The standard InChI is InChI=1S/C16H25NO/c1-12-9-10-15(18-2)14(11-12)16(17)13-7-5-3-4-6-8-13/h9-11,13,16H,3-8,17H2,1-2H3. The average Bonchev–Trinajstić information content (AvgIpc) is 2.66. The largest absolute Gasteiger partial charge is 0.496 e. The van der Waals surface area contributed by atoms with Gasteiger partial charge in [-0.25, -0.2) is 0 Å². The van der Waals surface area contributed by atoms with Gasteiger partial charge in [0.25, 0.3) is 0 Å². The molecule has 1 aliphatic carbocycles. The zero-order valence-electron chi connectivity index (χ0n) is 11.6. The molecule has 2 rings (SSSR count). The van der Waals surface area contributed by atoms with Crippen molar-refractivity contribution in [3.05, 3.63) is 29.3 Å². The smallest absolute Gasteiger partial charge is 0.123 e. The fraction of sp³-hybridized carbons (Fsp3) is 0.625. The van der Waals surface area contributed by atoms with E-state index in [2.05, 4.69) is 19.1 Å². The quantitative estimate of drug-likeness (QED) is 0.820. The van der Waals surface area contributed by atoms with Crippen LogP contribution >= 0.6 is 0 Å². The summed E-state index contributed by atoms with van der Waals surface area (Å²) >= 11 is 0. The maximum atomic E-state index is 6.50. The molecule has 0 amide bonds. The van der Waals surface area contributed by atoms with Crippen LogP contribution in [0.3, 0.4) is 0 Å². The van der Waals surface area contributed by atoms with Gasteiger partial charge in [-0.15, -0.1) is 0 Å². The summed E-state index contributed by atoms with van der Waals surface area (Å²) in [5.74, 6) is 1.56. The van der Waals surface area contributed by atoms with Crippen molar-refractivity contribution in [2.24, 2.45) is 11.7 Å². The van der Waals surface area contributed by atoms with Crippen molar-refractivity contribution in [1.29, 1.82) is 0 Å². The van der Waals surface area contributed by atoms with Gasteiger partial charge in [-0.2, -0.15) is 0 Å². The number of hydrogen-bond donors (Lipinski definition) is 1. The van der Waals surface area contributed by atoms with Crippen LogP contribution in [0.25, 0.3) is 0 Å². The van der Waals surface area contributed by atoms with E-state index < -0.39 is 0 Å². The highest BCUT2D eigenvalue weighted by atomic mass is 16.5. The molecule has 1 aliphatic rings. The van der Waals surface area contributed by atoms with E-state index in [0.29, 0.717) is 5.92 Å². The first-order valence-corrected chi connectivity index (χ1v) is 7.12. The molecule has 1 atom stereocenters. The third-order valence-electron chi connectivity index (χ3n) is 4.15. The molecule has 0 heterocycles. The summed E-state index contributed by atoms with van der Waals surface area (Å²) in [7, 11) is 1.73. The molecule has 1 saturated carbocycles. The zero-order valence-corrected chi connectivity index (χ0v) is 11.6. The van der Waals surface area contributed by atoms with Crippen LogP contribution in [0, 0.1) is 12.8 Å². The van der Waals surface area contributed by atoms with E-state index in [1.165, 1.54) is 49.7 Å². The van der Waals surface area contributed by atoms with Crippen molar-refractivity contribution < 1.29 is 4.74 Å². The van der Waals surface area contributed by atoms with E-state index in [0.717, 1.165) is 5.75 Å². The van der Waals surface area contributed by atoms with Crippen molar-refractivity contribution in [3.8, 4) is 5.75 Å². The third-order valence-corrected chi connectivity index (χ3v) is 4.15. The van der Waals surface area contributed by atoms with Gasteiger partial charge in [0.15, 0.2) is 0 Å². The summed E-state index contributed by atoms with van der Waals surface area (Å²) in [6.07, 6.45) is 7.91. The molecule has 2 heteroatoms. The Labute approximate surface area is 111 Å². The maximum Gasteiger partial charge on any atom is 0.123 e. The lowest BCUT2D eigenvalue weighted by molar-refractivity contribution is 0.358. The van der Waals surface area contributed by atoms with E-state index in [1.807, 2.05) is 6.07 Å². The van der Waals surface area contributed by atoms with Gasteiger partial charge in [0.2, 0.25) is 0 Å². The van der Waals surface area contributed by atoms with Gasteiger partial charge in [-0.3, -0.25) is 0 Å². The van der Waals surface area contributed by atoms with Crippen LogP contribution in [0.15, 0.2) is 18.2 Å². The lowest BCUT2D eigenvalue weighted by atomic mass is 9.87. The Morgan fingerprint density at radius 3 is 2.44 bits per heavy atom. The van der Waals surface area contributed by atoms with Crippen molar-refractivity contribution in [1.82, 2.24) is 0 Å². The number of ether oxygens (including phenoxy) is 1. The summed E-state index contributed by atoms with van der Waals surface area (Å²) in [5, 5.41) is 0. The van der Waals surface area contributed by atoms with Crippen LogP contribution < -0.4 is 10.5 Å². The Balaban J connectivity index is 2.20. The van der Waals surface area contributed by atoms with Gasteiger partial charge >= 0.3 is 0 Å². The second-order valence-corrected chi connectivity index (χ2v) is 5.52. The minimum absolute atomic E-state index is 0.123. The summed E-state index contributed by atoms with van der Waals surface area (Å²) in [6, 6.07) is 6.44. The highest BCUT2D eigenvalue weighted by Crippen LogP contribution is 2.36. The minimum atomic E-state index is 0.123. The molecule has 2 nitrogen and oxygen atoms in total. The lowest BCUT2D eigenvalue weighted by Crippen LogP contribution is -2.21. The summed E-state index contributed by atoms with van der Waals surface area (Å²) < 4.78 is 5.46. The monoisotopic (exact) mass is 247 g/mol. The van der Waals surface area contributed by atoms with Gasteiger partial charge in [0.05, 0.1) is 7.11 Å². The van der Waals surface area contributed by atoms with Crippen molar-refractivity contribution >= 4 is 0 Å². The molecule has 0 saturated heterocycles. The normalized spacial score (nSPS) is 19.3. The fourth-order valence-corrected chi connectivity index (χ4v) is 3.04. The molecule has 1 fully saturated rings. The first-order chi connectivity index (χ1) is 8.72. The van der Waals surface area contributed by atoms with E-state index in [9.17, 15) is 0 Å². The predicted octanol–water partition coefficient (Wildman–Crippen LogP) is 3.97. The first-order valence-electron chi connectivity index (χ1n) is 7.12. The van der Waals surface area contributed by atoms with Crippen molar-refractivity contribution in [2.75, 3.05) is 7.11 Å². The van der Waals surface area contributed by atoms with Crippen LogP contribution in [-0.2, 0) is 0 Å². The van der Waals surface area contributed by atoms with Gasteiger partial charge in [-0.05, 0) is 31.7 Å². The molecule has 0 aliphatic heterocycles. The maximum absolute atomic E-state index is 6.50. The Morgan fingerprint density at radius 1 is 1.17 bits per heavy atom. The molecule has 1 aromatic carbocycles. The van der Waals surface area contributed by atoms with Crippen molar-refractivity contribution in [2.45, 2.75) is 51.5 Å². The van der Waals surface area contributed by atoms with E-state index >= 15 is 0 Å². The molecule has 100 valence electrons. The van der Waals surface area contributed by atoms with E-state index in [-0.39, 0.29) is 6.04 Å². The Kier molecular flexibility index (Phi) is 4.65. The molecule has 0 aromatic heterocycles. The summed E-state index contributed by atoms with van der Waals surface area (Å²) in [5.41, 5.74) is 8.95. The third kappa shape index (κ3) is 3.05. The van der Waals surface area contributed by atoms with Gasteiger partial charge < -0.3 is 10.5 Å². The van der Waals surface area contributed by atoms with Crippen molar-refractivity contribution in [3.63, 3.8) is 0 Å². The molecule has 0 spiro atoms. The highest BCUT2D eigenvalue weighted by molar-refractivity contribution is 5.39. The summed E-state index contributed by atoms with van der Waals surface area (Å²) in [6.45, 7) is 2.11. The second-order valence-electron chi connectivity index (χ2n) is 5.52. The number of hydrogen-bond acceptors (Lipinski definition) is 2. The molecular formula is C16H25NO. The molecule has 0 radical (unpaired) electrons. The first kappa shape index (κ1) is 13.4.